The van der Waals surface area contributed by atoms with Crippen LogP contribution >= 0.6 is 11.6 Å². The van der Waals surface area contributed by atoms with E-state index in [1.807, 2.05) is 11.5 Å². The first-order valence-electron chi connectivity index (χ1n) is 5.69. The molecule has 0 radical (unpaired) electrons. The number of fused-ring (bicyclic) bond motifs is 1. The van der Waals surface area contributed by atoms with Crippen molar-refractivity contribution in [2.24, 2.45) is 0 Å². The summed E-state index contributed by atoms with van der Waals surface area (Å²) in [5.41, 5.74) is 7.12. The topological polar surface area (TPSA) is 53.1 Å². The van der Waals surface area contributed by atoms with Crippen LogP contribution in [0.1, 0.15) is 19.4 Å². The molecule has 6 heteroatoms. The summed E-state index contributed by atoms with van der Waals surface area (Å²) in [5.74, 6) is -0.149. The third kappa shape index (κ3) is 2.15. The van der Waals surface area contributed by atoms with E-state index >= 15 is 0 Å². The highest BCUT2D eigenvalue weighted by Gasteiger charge is 2.17. The van der Waals surface area contributed by atoms with Crippen molar-refractivity contribution in [1.29, 1.82) is 0 Å². The summed E-state index contributed by atoms with van der Waals surface area (Å²) < 4.78 is 20.4. The van der Waals surface area contributed by atoms with E-state index in [2.05, 4.69) is 4.98 Å². The molecular weight excluding hydrogens is 257 g/mol. The fraction of sp³-hybridized carbons (Fsp3) is 0.417. The fourth-order valence-electron chi connectivity index (χ4n) is 2.06. The predicted octanol–water partition coefficient (Wildman–Crippen LogP) is 3.01. The molecule has 0 bridgehead atoms. The molecule has 0 saturated heterocycles. The van der Waals surface area contributed by atoms with E-state index in [4.69, 9.17) is 22.1 Å². The van der Waals surface area contributed by atoms with Crippen LogP contribution in [0.2, 0.25) is 5.02 Å². The Morgan fingerprint density at radius 1 is 1.56 bits per heavy atom. The van der Waals surface area contributed by atoms with E-state index in [-0.39, 0.29) is 11.1 Å². The summed E-state index contributed by atoms with van der Waals surface area (Å²) in [6, 6.07) is 2.90. The maximum absolute atomic E-state index is 13.4. The van der Waals surface area contributed by atoms with Gasteiger partial charge in [0.25, 0.3) is 0 Å². The Bertz CT molecular complexity index is 570. The van der Waals surface area contributed by atoms with Crippen molar-refractivity contribution < 1.29 is 9.13 Å². The van der Waals surface area contributed by atoms with Crippen LogP contribution in [-0.4, -0.2) is 23.3 Å². The number of nitrogen functional groups attached to an aromatic ring is 1. The number of imidazole rings is 1. The molecule has 0 aliphatic heterocycles. The van der Waals surface area contributed by atoms with Crippen molar-refractivity contribution in [1.82, 2.24) is 9.55 Å². The summed E-state index contributed by atoms with van der Waals surface area (Å²) >= 11 is 5.81. The molecule has 0 aliphatic rings. The van der Waals surface area contributed by atoms with Gasteiger partial charge >= 0.3 is 0 Å². The summed E-state index contributed by atoms with van der Waals surface area (Å²) in [5, 5.41) is 0.0657. The molecule has 1 heterocycles. The van der Waals surface area contributed by atoms with Crippen LogP contribution in [0, 0.1) is 5.82 Å². The molecule has 18 heavy (non-hydrogen) atoms. The number of hydrogen-bond donors (Lipinski definition) is 1. The molecule has 0 fully saturated rings. The lowest BCUT2D eigenvalue weighted by molar-refractivity contribution is 0.155. The minimum absolute atomic E-state index is 0.0570. The number of nitrogens with two attached hydrogens (primary N) is 1. The van der Waals surface area contributed by atoms with Gasteiger partial charge in [-0.3, -0.25) is 0 Å². The quantitative estimate of drug-likeness (QED) is 0.930. The third-order valence-corrected chi connectivity index (χ3v) is 3.24. The average Bonchev–Trinajstić information content (AvgIpc) is 2.63. The largest absolute Gasteiger partial charge is 0.383 e. The number of aromatic nitrogens is 2. The second kappa shape index (κ2) is 5.12. The summed E-state index contributed by atoms with van der Waals surface area (Å²) in [6.45, 7) is 2.54. The summed E-state index contributed by atoms with van der Waals surface area (Å²) in [4.78, 5) is 4.15. The first-order chi connectivity index (χ1) is 8.58. The molecule has 2 N–H and O–H groups in total. The molecule has 2 rings (SSSR count). The smallest absolute Gasteiger partial charge is 0.201 e. The lowest BCUT2D eigenvalue weighted by Crippen LogP contribution is -2.16. The zero-order valence-electron chi connectivity index (χ0n) is 10.3. The van der Waals surface area contributed by atoms with Gasteiger partial charge in [0.1, 0.15) is 5.82 Å². The molecule has 1 aromatic heterocycles. The number of ether oxygens (including phenoxy) is 1. The number of nitrogens with zero attached hydrogens (tertiary/aromatic N) is 2. The highest BCUT2D eigenvalue weighted by atomic mass is 35.5. The van der Waals surface area contributed by atoms with Crippen molar-refractivity contribution >= 4 is 28.6 Å². The van der Waals surface area contributed by atoms with Crippen LogP contribution in [0.25, 0.3) is 11.0 Å². The molecule has 2 aromatic rings. The molecule has 0 amide bonds. The standard InChI is InChI=1S/C12H15ClFN3O/c1-3-7(6-18-2)17-11-4-8(13)9(14)5-10(11)16-12(17)15/h4-5,7H,3,6H2,1-2H3,(H2,15,16). The number of hydrogen-bond acceptors (Lipinski definition) is 3. The summed E-state index contributed by atoms with van der Waals surface area (Å²) in [7, 11) is 1.63. The zero-order valence-corrected chi connectivity index (χ0v) is 11.0. The number of benzene rings is 1. The number of anilines is 1. The van der Waals surface area contributed by atoms with Crippen LogP contribution < -0.4 is 5.73 Å². The van der Waals surface area contributed by atoms with Gasteiger partial charge in [-0.05, 0) is 12.5 Å². The molecule has 0 spiro atoms. The molecule has 1 aromatic carbocycles. The third-order valence-electron chi connectivity index (χ3n) is 2.95. The predicted molar refractivity (Wildman–Crippen MR) is 70.3 cm³/mol. The Morgan fingerprint density at radius 3 is 2.89 bits per heavy atom. The molecule has 98 valence electrons. The fourth-order valence-corrected chi connectivity index (χ4v) is 2.22. The normalized spacial score (nSPS) is 13.1. The van der Waals surface area contributed by atoms with Gasteiger partial charge in [0.2, 0.25) is 5.95 Å². The molecule has 1 atom stereocenters. The van der Waals surface area contributed by atoms with Gasteiger partial charge in [0.05, 0.1) is 28.7 Å². The Morgan fingerprint density at radius 2 is 2.28 bits per heavy atom. The maximum Gasteiger partial charge on any atom is 0.201 e. The number of halogens is 2. The van der Waals surface area contributed by atoms with Crippen LogP contribution in [-0.2, 0) is 4.74 Å². The lowest BCUT2D eigenvalue weighted by Gasteiger charge is -2.18. The minimum atomic E-state index is -0.492. The van der Waals surface area contributed by atoms with E-state index in [1.165, 1.54) is 6.07 Å². The summed E-state index contributed by atoms with van der Waals surface area (Å²) in [6.07, 6.45) is 0.832. The second-order valence-corrected chi connectivity index (χ2v) is 4.52. The molecular formula is C12H15ClFN3O. The van der Waals surface area contributed by atoms with Crippen LogP contribution in [0.3, 0.4) is 0 Å². The van der Waals surface area contributed by atoms with Crippen LogP contribution in [0.15, 0.2) is 12.1 Å². The second-order valence-electron chi connectivity index (χ2n) is 4.11. The van der Waals surface area contributed by atoms with Crippen LogP contribution in [0.5, 0.6) is 0 Å². The SMILES string of the molecule is CCC(COC)n1c(N)nc2cc(F)c(Cl)cc21. The van der Waals surface area contributed by atoms with Gasteiger partial charge in [-0.1, -0.05) is 18.5 Å². The first kappa shape index (κ1) is 13.1. The van der Waals surface area contributed by atoms with Crippen molar-refractivity contribution in [3.63, 3.8) is 0 Å². The van der Waals surface area contributed by atoms with Crippen molar-refractivity contribution in [3.8, 4) is 0 Å². The van der Waals surface area contributed by atoms with E-state index < -0.39 is 5.82 Å². The van der Waals surface area contributed by atoms with Gasteiger partial charge in [-0.25, -0.2) is 9.37 Å². The lowest BCUT2D eigenvalue weighted by atomic mass is 10.2. The first-order valence-corrected chi connectivity index (χ1v) is 6.07. The Balaban J connectivity index is 2.62. The monoisotopic (exact) mass is 271 g/mol. The maximum atomic E-state index is 13.4. The molecule has 0 saturated carbocycles. The molecule has 1 unspecified atom stereocenters. The highest BCUT2D eigenvalue weighted by Crippen LogP contribution is 2.28. The van der Waals surface area contributed by atoms with Gasteiger partial charge < -0.3 is 15.0 Å². The Kier molecular flexibility index (Phi) is 3.73. The van der Waals surface area contributed by atoms with Gasteiger partial charge in [0, 0.05) is 13.2 Å². The van der Waals surface area contributed by atoms with E-state index in [0.717, 1.165) is 11.9 Å². The van der Waals surface area contributed by atoms with E-state index in [0.29, 0.717) is 18.1 Å². The van der Waals surface area contributed by atoms with Crippen molar-refractivity contribution in [3.05, 3.63) is 23.0 Å². The minimum Gasteiger partial charge on any atom is -0.383 e. The van der Waals surface area contributed by atoms with Crippen molar-refractivity contribution in [2.45, 2.75) is 19.4 Å². The number of rotatable bonds is 4. The van der Waals surface area contributed by atoms with Crippen molar-refractivity contribution in [2.75, 3.05) is 19.5 Å². The van der Waals surface area contributed by atoms with Gasteiger partial charge in [-0.2, -0.15) is 0 Å². The molecule has 0 aliphatic carbocycles. The Labute approximate surface area is 109 Å². The average molecular weight is 272 g/mol. The van der Waals surface area contributed by atoms with Gasteiger partial charge in [0.15, 0.2) is 0 Å². The number of methoxy groups -OCH3 is 1. The van der Waals surface area contributed by atoms with E-state index in [9.17, 15) is 4.39 Å². The van der Waals surface area contributed by atoms with Gasteiger partial charge in [-0.15, -0.1) is 0 Å². The zero-order chi connectivity index (χ0) is 13.3. The van der Waals surface area contributed by atoms with E-state index in [1.54, 1.807) is 13.2 Å². The van der Waals surface area contributed by atoms with Crippen LogP contribution in [0.4, 0.5) is 10.3 Å². The molecule has 4 nitrogen and oxygen atoms in total. The highest BCUT2D eigenvalue weighted by molar-refractivity contribution is 6.31. The Hall–Kier alpha value is -1.33.